The van der Waals surface area contributed by atoms with Crippen molar-refractivity contribution in [1.82, 2.24) is 24.5 Å². The van der Waals surface area contributed by atoms with Crippen LogP contribution < -0.4 is 0 Å². The molecule has 25 heavy (non-hydrogen) atoms. The molecule has 0 aliphatic heterocycles. The number of hydrogen-bond acceptors (Lipinski definition) is 6. The van der Waals surface area contributed by atoms with Gasteiger partial charge >= 0.3 is 0 Å². The molecule has 5 rings (SSSR count). The number of aryl methyl sites for hydroxylation is 1. The molecule has 0 spiro atoms. The van der Waals surface area contributed by atoms with Crippen LogP contribution in [0.5, 0.6) is 0 Å². The summed E-state index contributed by atoms with van der Waals surface area (Å²) in [5.41, 5.74) is 3.83. The average Bonchev–Trinajstić information content (AvgIpc) is 3.23. The van der Waals surface area contributed by atoms with Crippen molar-refractivity contribution in [2.45, 2.75) is 17.8 Å². The van der Waals surface area contributed by atoms with E-state index in [2.05, 4.69) is 26.7 Å². The summed E-state index contributed by atoms with van der Waals surface area (Å²) < 4.78 is 7.32. The molecule has 6 nitrogen and oxygen atoms in total. The van der Waals surface area contributed by atoms with Crippen LogP contribution in [0.1, 0.15) is 11.7 Å². The van der Waals surface area contributed by atoms with Gasteiger partial charge in [0, 0.05) is 5.39 Å². The van der Waals surface area contributed by atoms with Crippen LogP contribution in [0.25, 0.3) is 27.6 Å². The molecule has 3 aromatic heterocycles. The minimum atomic E-state index is 0.563. The standard InChI is InChI=1S/C18H13N5OS/c1-11-19-16(24-22-11)10-25-18-21-13-7-3-2-6-12(13)17-20-14-8-4-5-9-15(14)23(17)18/h2-9H,10H2,1H3. The van der Waals surface area contributed by atoms with Gasteiger partial charge in [-0.3, -0.25) is 4.40 Å². The van der Waals surface area contributed by atoms with E-state index in [-0.39, 0.29) is 0 Å². The molecular weight excluding hydrogens is 334 g/mol. The van der Waals surface area contributed by atoms with E-state index < -0.39 is 0 Å². The lowest BCUT2D eigenvalue weighted by atomic mass is 10.2. The lowest BCUT2D eigenvalue weighted by molar-refractivity contribution is 0.387. The Bertz CT molecular complexity index is 1230. The molecule has 0 N–H and O–H groups in total. The Hall–Kier alpha value is -2.93. The van der Waals surface area contributed by atoms with Crippen LogP contribution in [0.2, 0.25) is 0 Å². The Labute approximate surface area is 146 Å². The summed E-state index contributed by atoms with van der Waals surface area (Å²) >= 11 is 1.57. The molecule has 0 bridgehead atoms. The van der Waals surface area contributed by atoms with Gasteiger partial charge in [0.05, 0.1) is 22.3 Å². The molecule has 0 amide bonds. The molecular formula is C18H13N5OS. The largest absolute Gasteiger partial charge is 0.338 e. The second kappa shape index (κ2) is 5.56. The zero-order valence-electron chi connectivity index (χ0n) is 13.4. The van der Waals surface area contributed by atoms with Crippen molar-refractivity contribution >= 4 is 39.3 Å². The third-order valence-electron chi connectivity index (χ3n) is 4.01. The van der Waals surface area contributed by atoms with Gasteiger partial charge in [-0.05, 0) is 31.2 Å². The molecule has 0 radical (unpaired) electrons. The number of aromatic nitrogens is 5. The van der Waals surface area contributed by atoms with E-state index in [4.69, 9.17) is 14.5 Å². The summed E-state index contributed by atoms with van der Waals surface area (Å²) in [5, 5.41) is 5.74. The zero-order valence-corrected chi connectivity index (χ0v) is 14.2. The van der Waals surface area contributed by atoms with E-state index in [1.807, 2.05) is 43.3 Å². The van der Waals surface area contributed by atoms with Crippen LogP contribution in [0.15, 0.2) is 58.2 Å². The molecule has 122 valence electrons. The van der Waals surface area contributed by atoms with Crippen LogP contribution in [-0.2, 0) is 5.75 Å². The highest BCUT2D eigenvalue weighted by Crippen LogP contribution is 2.30. The molecule has 0 saturated heterocycles. The number of imidazole rings is 1. The predicted octanol–water partition coefficient (Wildman–Crippen LogP) is 4.02. The van der Waals surface area contributed by atoms with Gasteiger partial charge in [0.15, 0.2) is 11.0 Å². The van der Waals surface area contributed by atoms with E-state index in [1.165, 1.54) is 0 Å². The molecule has 0 unspecified atom stereocenters. The Morgan fingerprint density at radius 3 is 2.60 bits per heavy atom. The summed E-state index contributed by atoms with van der Waals surface area (Å²) in [6.07, 6.45) is 0. The first kappa shape index (κ1) is 14.4. The van der Waals surface area contributed by atoms with Crippen molar-refractivity contribution in [3.63, 3.8) is 0 Å². The van der Waals surface area contributed by atoms with Gasteiger partial charge in [0.1, 0.15) is 5.65 Å². The first-order chi connectivity index (χ1) is 12.3. The summed E-state index contributed by atoms with van der Waals surface area (Å²) in [6, 6.07) is 16.2. The Kier molecular flexibility index (Phi) is 3.21. The van der Waals surface area contributed by atoms with Crippen LogP contribution in [0, 0.1) is 6.92 Å². The van der Waals surface area contributed by atoms with Crippen LogP contribution >= 0.6 is 11.8 Å². The van der Waals surface area contributed by atoms with Crippen molar-refractivity contribution in [2.75, 3.05) is 0 Å². The quantitative estimate of drug-likeness (QED) is 0.363. The normalized spacial score (nSPS) is 11.7. The van der Waals surface area contributed by atoms with Gasteiger partial charge in [0.25, 0.3) is 0 Å². The third-order valence-corrected chi connectivity index (χ3v) is 4.93. The fraction of sp³-hybridized carbons (Fsp3) is 0.111. The maximum atomic E-state index is 5.22. The van der Waals surface area contributed by atoms with E-state index in [0.29, 0.717) is 17.5 Å². The molecule has 3 heterocycles. The van der Waals surface area contributed by atoms with Crippen LogP contribution in [-0.4, -0.2) is 24.5 Å². The van der Waals surface area contributed by atoms with Gasteiger partial charge in [-0.2, -0.15) is 4.98 Å². The number of fused-ring (bicyclic) bond motifs is 5. The number of hydrogen-bond donors (Lipinski definition) is 0. The van der Waals surface area contributed by atoms with Crippen LogP contribution in [0.3, 0.4) is 0 Å². The summed E-state index contributed by atoms with van der Waals surface area (Å²) in [5.74, 6) is 1.80. The summed E-state index contributed by atoms with van der Waals surface area (Å²) in [7, 11) is 0. The van der Waals surface area contributed by atoms with E-state index in [1.54, 1.807) is 11.8 Å². The average molecular weight is 347 g/mol. The van der Waals surface area contributed by atoms with E-state index in [9.17, 15) is 0 Å². The van der Waals surface area contributed by atoms with Gasteiger partial charge in [-0.15, -0.1) is 0 Å². The van der Waals surface area contributed by atoms with E-state index in [0.717, 1.165) is 32.7 Å². The number of nitrogens with zero attached hydrogens (tertiary/aromatic N) is 5. The molecule has 0 aliphatic carbocycles. The van der Waals surface area contributed by atoms with Gasteiger partial charge in [0.2, 0.25) is 5.89 Å². The van der Waals surface area contributed by atoms with E-state index >= 15 is 0 Å². The van der Waals surface area contributed by atoms with Gasteiger partial charge < -0.3 is 4.52 Å². The monoisotopic (exact) mass is 347 g/mol. The first-order valence-corrected chi connectivity index (χ1v) is 8.86. The highest BCUT2D eigenvalue weighted by molar-refractivity contribution is 7.98. The maximum Gasteiger partial charge on any atom is 0.237 e. The molecule has 0 atom stereocenters. The van der Waals surface area contributed by atoms with Gasteiger partial charge in [-0.1, -0.05) is 41.2 Å². The molecule has 5 aromatic rings. The zero-order chi connectivity index (χ0) is 16.8. The topological polar surface area (TPSA) is 69.1 Å². The fourth-order valence-electron chi connectivity index (χ4n) is 2.94. The van der Waals surface area contributed by atoms with Crippen molar-refractivity contribution < 1.29 is 4.52 Å². The molecule has 2 aromatic carbocycles. The van der Waals surface area contributed by atoms with Gasteiger partial charge in [-0.25, -0.2) is 9.97 Å². The predicted molar refractivity (Wildman–Crippen MR) is 96.6 cm³/mol. The minimum Gasteiger partial charge on any atom is -0.338 e. The molecule has 0 saturated carbocycles. The Morgan fingerprint density at radius 1 is 0.960 bits per heavy atom. The van der Waals surface area contributed by atoms with Crippen molar-refractivity contribution in [3.05, 3.63) is 60.2 Å². The second-order valence-electron chi connectivity index (χ2n) is 5.70. The number of para-hydroxylation sites is 3. The van der Waals surface area contributed by atoms with Crippen LogP contribution in [0.4, 0.5) is 0 Å². The SMILES string of the molecule is Cc1noc(CSc2nc3ccccc3c3nc4ccccc4n23)n1. The second-order valence-corrected chi connectivity index (χ2v) is 6.64. The highest BCUT2D eigenvalue weighted by Gasteiger charge is 2.15. The summed E-state index contributed by atoms with van der Waals surface area (Å²) in [6.45, 7) is 1.81. The molecule has 0 aliphatic rings. The number of thioether (sulfide) groups is 1. The Morgan fingerprint density at radius 2 is 1.76 bits per heavy atom. The molecule has 7 heteroatoms. The fourth-order valence-corrected chi connectivity index (χ4v) is 3.78. The smallest absolute Gasteiger partial charge is 0.237 e. The number of rotatable bonds is 3. The van der Waals surface area contributed by atoms with Crippen molar-refractivity contribution in [2.24, 2.45) is 0 Å². The number of benzene rings is 2. The molecule has 0 fully saturated rings. The van der Waals surface area contributed by atoms with Crippen molar-refractivity contribution in [1.29, 1.82) is 0 Å². The maximum absolute atomic E-state index is 5.22. The lowest BCUT2D eigenvalue weighted by Gasteiger charge is -2.07. The highest BCUT2D eigenvalue weighted by atomic mass is 32.2. The van der Waals surface area contributed by atoms with Crippen molar-refractivity contribution in [3.8, 4) is 0 Å². The minimum absolute atomic E-state index is 0.563. The lowest BCUT2D eigenvalue weighted by Crippen LogP contribution is -1.97. The summed E-state index contributed by atoms with van der Waals surface area (Å²) in [4.78, 5) is 13.9. The first-order valence-electron chi connectivity index (χ1n) is 7.87. The third kappa shape index (κ3) is 2.35. The Balaban J connectivity index is 1.74.